The SMILES string of the molecule is CC(C)(C)CN1CCN(c2cccc3c2C(=O)N(C[C@H]2COc4ccccc4O2)C3=O)CC1. The minimum absolute atomic E-state index is 0.166. The molecule has 1 saturated heterocycles. The number of carbonyl (C=O) groups excluding carboxylic acids is 2. The van der Waals surface area contributed by atoms with Gasteiger partial charge in [-0.25, -0.2) is 0 Å². The number of imide groups is 1. The summed E-state index contributed by atoms with van der Waals surface area (Å²) in [6.07, 6.45) is -0.397. The van der Waals surface area contributed by atoms with Gasteiger partial charge in [-0.1, -0.05) is 39.0 Å². The van der Waals surface area contributed by atoms with Crippen molar-refractivity contribution < 1.29 is 19.1 Å². The summed E-state index contributed by atoms with van der Waals surface area (Å²) < 4.78 is 11.8. The number of nitrogens with zero attached hydrogens (tertiary/aromatic N) is 3. The van der Waals surface area contributed by atoms with Crippen LogP contribution in [0.4, 0.5) is 5.69 Å². The van der Waals surface area contributed by atoms with Gasteiger partial charge in [0.25, 0.3) is 11.8 Å². The Balaban J connectivity index is 1.30. The Morgan fingerprint density at radius 1 is 0.909 bits per heavy atom. The van der Waals surface area contributed by atoms with E-state index in [1.165, 1.54) is 4.90 Å². The van der Waals surface area contributed by atoms with E-state index < -0.39 is 6.10 Å². The fourth-order valence-corrected chi connectivity index (χ4v) is 4.92. The molecule has 33 heavy (non-hydrogen) atoms. The maximum atomic E-state index is 13.4. The van der Waals surface area contributed by atoms with E-state index in [4.69, 9.17) is 9.47 Å². The summed E-state index contributed by atoms with van der Waals surface area (Å²) in [5.74, 6) is 0.819. The van der Waals surface area contributed by atoms with Gasteiger partial charge in [0.1, 0.15) is 6.61 Å². The van der Waals surface area contributed by atoms with Gasteiger partial charge in [-0.15, -0.1) is 0 Å². The Hall–Kier alpha value is -3.06. The number of ether oxygens (including phenoxy) is 2. The highest BCUT2D eigenvalue weighted by molar-refractivity contribution is 6.23. The average Bonchev–Trinajstić information content (AvgIpc) is 3.03. The molecule has 0 aliphatic carbocycles. The maximum absolute atomic E-state index is 13.4. The molecule has 2 aromatic carbocycles. The molecule has 2 amide bonds. The second kappa shape index (κ2) is 8.37. The summed E-state index contributed by atoms with van der Waals surface area (Å²) in [6, 6.07) is 13.0. The molecule has 3 aliphatic heterocycles. The molecule has 3 aliphatic rings. The number of anilines is 1. The molecule has 7 heteroatoms. The lowest BCUT2D eigenvalue weighted by atomic mass is 9.95. The number of benzene rings is 2. The Kier molecular flexibility index (Phi) is 5.52. The van der Waals surface area contributed by atoms with Crippen molar-refractivity contribution in [3.63, 3.8) is 0 Å². The van der Waals surface area contributed by atoms with Gasteiger partial charge in [-0.2, -0.15) is 0 Å². The van der Waals surface area contributed by atoms with Gasteiger partial charge < -0.3 is 14.4 Å². The third kappa shape index (κ3) is 4.29. The van der Waals surface area contributed by atoms with Crippen LogP contribution in [0.25, 0.3) is 0 Å². The number of fused-ring (bicyclic) bond motifs is 2. The monoisotopic (exact) mass is 449 g/mol. The fraction of sp³-hybridized carbons (Fsp3) is 0.462. The summed E-state index contributed by atoms with van der Waals surface area (Å²) in [5.41, 5.74) is 2.11. The van der Waals surface area contributed by atoms with Gasteiger partial charge in [-0.3, -0.25) is 19.4 Å². The molecule has 0 unspecified atom stereocenters. The van der Waals surface area contributed by atoms with E-state index in [2.05, 4.69) is 30.6 Å². The van der Waals surface area contributed by atoms with E-state index in [0.29, 0.717) is 29.2 Å². The normalized spacial score (nSPS) is 20.9. The molecule has 2 aromatic rings. The van der Waals surface area contributed by atoms with Gasteiger partial charge in [0.05, 0.1) is 23.4 Å². The highest BCUT2D eigenvalue weighted by Gasteiger charge is 2.40. The number of hydrogen-bond acceptors (Lipinski definition) is 6. The van der Waals surface area contributed by atoms with Crippen molar-refractivity contribution in [2.24, 2.45) is 5.41 Å². The topological polar surface area (TPSA) is 62.3 Å². The van der Waals surface area contributed by atoms with Gasteiger partial charge in [0.15, 0.2) is 17.6 Å². The van der Waals surface area contributed by atoms with Crippen molar-refractivity contribution in [2.75, 3.05) is 50.8 Å². The molecular weight excluding hydrogens is 418 g/mol. The molecule has 0 aromatic heterocycles. The van der Waals surface area contributed by atoms with Crippen LogP contribution in [-0.4, -0.2) is 73.6 Å². The van der Waals surface area contributed by atoms with E-state index in [0.717, 1.165) is 38.4 Å². The van der Waals surface area contributed by atoms with Crippen molar-refractivity contribution in [1.82, 2.24) is 9.80 Å². The van der Waals surface area contributed by atoms with Crippen molar-refractivity contribution >= 4 is 17.5 Å². The molecule has 0 spiro atoms. The zero-order chi connectivity index (χ0) is 23.2. The van der Waals surface area contributed by atoms with E-state index in [1.54, 1.807) is 6.07 Å². The van der Waals surface area contributed by atoms with Crippen LogP contribution in [0, 0.1) is 5.41 Å². The van der Waals surface area contributed by atoms with Crippen LogP contribution in [0.5, 0.6) is 11.5 Å². The van der Waals surface area contributed by atoms with Crippen molar-refractivity contribution in [2.45, 2.75) is 26.9 Å². The number of piperazine rings is 1. The van der Waals surface area contributed by atoms with Crippen LogP contribution in [0.3, 0.4) is 0 Å². The molecule has 1 fully saturated rings. The molecule has 0 N–H and O–H groups in total. The van der Waals surface area contributed by atoms with E-state index in [9.17, 15) is 9.59 Å². The number of rotatable bonds is 4. The van der Waals surface area contributed by atoms with Gasteiger partial charge in [0, 0.05) is 32.7 Å². The average molecular weight is 450 g/mol. The first-order chi connectivity index (χ1) is 15.8. The first-order valence-electron chi connectivity index (χ1n) is 11.7. The Morgan fingerprint density at radius 2 is 1.64 bits per heavy atom. The second-order valence-electron chi connectivity index (χ2n) is 10.2. The van der Waals surface area contributed by atoms with Crippen LogP contribution in [0.2, 0.25) is 0 Å². The molecule has 3 heterocycles. The number of carbonyl (C=O) groups is 2. The van der Waals surface area contributed by atoms with E-state index >= 15 is 0 Å². The van der Waals surface area contributed by atoms with Crippen molar-refractivity contribution in [3.05, 3.63) is 53.6 Å². The van der Waals surface area contributed by atoms with E-state index in [-0.39, 0.29) is 23.8 Å². The van der Waals surface area contributed by atoms with Crippen LogP contribution in [0.1, 0.15) is 41.5 Å². The third-order valence-corrected chi connectivity index (χ3v) is 6.34. The highest BCUT2D eigenvalue weighted by Crippen LogP contribution is 2.35. The molecule has 5 rings (SSSR count). The lowest BCUT2D eigenvalue weighted by molar-refractivity contribution is 0.0430. The summed E-state index contributed by atoms with van der Waals surface area (Å²) in [7, 11) is 0. The van der Waals surface area contributed by atoms with Crippen LogP contribution >= 0.6 is 0 Å². The summed E-state index contributed by atoms with van der Waals surface area (Å²) >= 11 is 0. The Bertz CT molecular complexity index is 1070. The lowest BCUT2D eigenvalue weighted by Gasteiger charge is -2.39. The molecule has 174 valence electrons. The zero-order valence-electron chi connectivity index (χ0n) is 19.5. The standard InChI is InChI=1S/C26H31N3O4/c1-26(2,3)17-27-11-13-28(14-12-27)20-8-6-7-19-23(20)25(31)29(24(19)30)15-18-16-32-21-9-4-5-10-22(21)33-18/h4-10,18H,11-17H2,1-3H3/t18-/m0/s1. The smallest absolute Gasteiger partial charge is 0.263 e. The minimum atomic E-state index is -0.397. The molecule has 0 radical (unpaired) electrons. The van der Waals surface area contributed by atoms with Crippen LogP contribution in [-0.2, 0) is 0 Å². The van der Waals surface area contributed by atoms with Crippen molar-refractivity contribution in [1.29, 1.82) is 0 Å². The number of para-hydroxylation sites is 2. The van der Waals surface area contributed by atoms with Gasteiger partial charge >= 0.3 is 0 Å². The zero-order valence-corrected chi connectivity index (χ0v) is 19.5. The molecule has 0 saturated carbocycles. The largest absolute Gasteiger partial charge is 0.486 e. The second-order valence-corrected chi connectivity index (χ2v) is 10.2. The number of hydrogen-bond donors (Lipinski definition) is 0. The summed E-state index contributed by atoms with van der Waals surface area (Å²) in [6.45, 7) is 11.8. The van der Waals surface area contributed by atoms with Gasteiger partial charge in [-0.05, 0) is 29.7 Å². The predicted molar refractivity (Wildman–Crippen MR) is 126 cm³/mol. The molecule has 0 bridgehead atoms. The quantitative estimate of drug-likeness (QED) is 0.668. The van der Waals surface area contributed by atoms with Gasteiger partial charge in [0.2, 0.25) is 0 Å². The highest BCUT2D eigenvalue weighted by atomic mass is 16.6. The first kappa shape index (κ1) is 21.8. The lowest BCUT2D eigenvalue weighted by Crippen LogP contribution is -2.49. The van der Waals surface area contributed by atoms with E-state index in [1.807, 2.05) is 36.4 Å². The molecule has 1 atom stereocenters. The predicted octanol–water partition coefficient (Wildman–Crippen LogP) is 3.29. The first-order valence-corrected chi connectivity index (χ1v) is 11.7. The summed E-state index contributed by atoms with van der Waals surface area (Å²) in [4.78, 5) is 32.6. The van der Waals surface area contributed by atoms with Crippen LogP contribution < -0.4 is 14.4 Å². The maximum Gasteiger partial charge on any atom is 0.263 e. The number of amides is 2. The summed E-state index contributed by atoms with van der Waals surface area (Å²) in [5, 5.41) is 0. The minimum Gasteiger partial charge on any atom is -0.486 e. The van der Waals surface area contributed by atoms with Crippen molar-refractivity contribution in [3.8, 4) is 11.5 Å². The Labute approximate surface area is 194 Å². The van der Waals surface area contributed by atoms with Crippen LogP contribution in [0.15, 0.2) is 42.5 Å². The molecule has 7 nitrogen and oxygen atoms in total. The fourth-order valence-electron chi connectivity index (χ4n) is 4.92. The third-order valence-electron chi connectivity index (χ3n) is 6.34. The Morgan fingerprint density at radius 3 is 2.36 bits per heavy atom. The molecular formula is C26H31N3O4.